The highest BCUT2D eigenvalue weighted by Crippen LogP contribution is 2.36. The lowest BCUT2D eigenvalue weighted by Gasteiger charge is -2.13. The molecule has 27 heavy (non-hydrogen) atoms. The number of H-pyrrole nitrogens is 1. The van der Waals surface area contributed by atoms with Crippen LogP contribution in [0.3, 0.4) is 0 Å². The number of thiophene rings is 1. The molecule has 0 aliphatic carbocycles. The molecule has 1 N–H and O–H groups in total. The van der Waals surface area contributed by atoms with E-state index in [-0.39, 0.29) is 10.8 Å². The molecule has 3 aromatic rings. The summed E-state index contributed by atoms with van der Waals surface area (Å²) in [7, 11) is 0. The number of aromatic nitrogens is 2. The lowest BCUT2D eigenvalue weighted by atomic mass is 10.2. The topological polar surface area (TPSA) is 72.0 Å². The molecular formula is C20H22N2O3S2. The van der Waals surface area contributed by atoms with Crippen LogP contribution in [0.1, 0.15) is 51.3 Å². The normalized spacial score (nSPS) is 12.3. The summed E-state index contributed by atoms with van der Waals surface area (Å²) in [6, 6.07) is 6.32. The number of aromatic amines is 1. The first-order valence-corrected chi connectivity index (χ1v) is 10.5. The predicted octanol–water partition coefficient (Wildman–Crippen LogP) is 4.94. The molecule has 7 heteroatoms. The maximum atomic E-state index is 12.6. The number of nitrogens with one attached hydrogen (secondary N) is 1. The van der Waals surface area contributed by atoms with Crippen LogP contribution >= 0.6 is 23.1 Å². The maximum absolute atomic E-state index is 12.6. The minimum absolute atomic E-state index is 0.0314. The summed E-state index contributed by atoms with van der Waals surface area (Å²) in [5.74, 6) is 0.201. The third kappa shape index (κ3) is 3.94. The van der Waals surface area contributed by atoms with E-state index in [9.17, 15) is 9.59 Å². The minimum atomic E-state index is -0.406. The van der Waals surface area contributed by atoms with E-state index in [0.717, 1.165) is 0 Å². The van der Waals surface area contributed by atoms with Crippen LogP contribution in [-0.4, -0.2) is 22.5 Å². The molecule has 0 bridgehead atoms. The van der Waals surface area contributed by atoms with Gasteiger partial charge < -0.3 is 9.72 Å². The van der Waals surface area contributed by atoms with Crippen LogP contribution in [0.25, 0.3) is 10.2 Å². The fourth-order valence-electron chi connectivity index (χ4n) is 2.82. The van der Waals surface area contributed by atoms with Crippen molar-refractivity contribution in [2.24, 2.45) is 0 Å². The molecule has 1 atom stereocenters. The molecule has 0 aliphatic rings. The second kappa shape index (κ2) is 7.86. The Kier molecular flexibility index (Phi) is 5.72. The molecule has 0 saturated carbocycles. The maximum Gasteiger partial charge on any atom is 0.348 e. The zero-order valence-corrected chi connectivity index (χ0v) is 17.6. The molecule has 0 spiro atoms. The molecule has 2 heterocycles. The average molecular weight is 403 g/mol. The molecule has 0 aliphatic heterocycles. The number of carbonyl (C=O) groups is 1. The van der Waals surface area contributed by atoms with E-state index in [1.165, 1.54) is 27.4 Å². The van der Waals surface area contributed by atoms with Crippen LogP contribution < -0.4 is 5.56 Å². The van der Waals surface area contributed by atoms with Gasteiger partial charge in [0.15, 0.2) is 0 Å². The van der Waals surface area contributed by atoms with Gasteiger partial charge in [-0.15, -0.1) is 23.1 Å². The summed E-state index contributed by atoms with van der Waals surface area (Å²) >= 11 is 2.88. The van der Waals surface area contributed by atoms with Crippen molar-refractivity contribution in [3.8, 4) is 0 Å². The van der Waals surface area contributed by atoms with Crippen molar-refractivity contribution in [2.75, 3.05) is 6.61 Å². The van der Waals surface area contributed by atoms with Gasteiger partial charge in [0.25, 0.3) is 5.56 Å². The summed E-state index contributed by atoms with van der Waals surface area (Å²) < 4.78 is 5.09. The highest BCUT2D eigenvalue weighted by atomic mass is 32.2. The van der Waals surface area contributed by atoms with E-state index in [2.05, 4.69) is 42.0 Å². The number of hydrogen-bond acceptors (Lipinski definition) is 6. The first-order chi connectivity index (χ1) is 12.8. The molecule has 5 nitrogen and oxygen atoms in total. The number of hydrogen-bond donors (Lipinski definition) is 1. The van der Waals surface area contributed by atoms with E-state index < -0.39 is 5.97 Å². The van der Waals surface area contributed by atoms with Crippen LogP contribution in [0, 0.1) is 20.8 Å². The number of carbonyl (C=O) groups excluding carboxylic acids is 1. The summed E-state index contributed by atoms with van der Waals surface area (Å²) in [6.45, 7) is 9.97. The summed E-state index contributed by atoms with van der Waals surface area (Å²) in [5, 5.41) is 0.437. The molecule has 0 radical (unpaired) electrons. The van der Waals surface area contributed by atoms with Gasteiger partial charge in [-0.25, -0.2) is 9.78 Å². The van der Waals surface area contributed by atoms with E-state index in [1.807, 2.05) is 6.92 Å². The Balaban J connectivity index is 1.99. The molecule has 1 unspecified atom stereocenters. The van der Waals surface area contributed by atoms with E-state index >= 15 is 0 Å². The monoisotopic (exact) mass is 402 g/mol. The number of esters is 1. The number of aryl methyl sites for hydroxylation is 3. The largest absolute Gasteiger partial charge is 0.462 e. The van der Waals surface area contributed by atoms with Gasteiger partial charge >= 0.3 is 5.97 Å². The van der Waals surface area contributed by atoms with Gasteiger partial charge in [-0.2, -0.15) is 0 Å². The SMILES string of the molecule is CCOC(=O)c1sc2nc(C(C)Sc3cc(C)ccc3C)[nH]c(=O)c2c1C. The lowest BCUT2D eigenvalue weighted by Crippen LogP contribution is -2.13. The van der Waals surface area contributed by atoms with Crippen molar-refractivity contribution in [1.82, 2.24) is 9.97 Å². The van der Waals surface area contributed by atoms with Gasteiger partial charge in [0, 0.05) is 4.90 Å². The number of benzene rings is 1. The fourth-order valence-corrected chi connectivity index (χ4v) is 5.02. The Labute approximate surface area is 166 Å². The number of fused-ring (bicyclic) bond motifs is 1. The second-order valence-corrected chi connectivity index (χ2v) is 8.82. The predicted molar refractivity (Wildman–Crippen MR) is 111 cm³/mol. The Morgan fingerprint density at radius 2 is 2.07 bits per heavy atom. The van der Waals surface area contributed by atoms with Gasteiger partial charge in [0.05, 0.1) is 17.2 Å². The fraction of sp³-hybridized carbons (Fsp3) is 0.350. The third-order valence-electron chi connectivity index (χ3n) is 4.31. The van der Waals surface area contributed by atoms with Crippen molar-refractivity contribution in [2.45, 2.75) is 44.8 Å². The average Bonchev–Trinajstić information content (AvgIpc) is 2.95. The molecule has 142 valence electrons. The second-order valence-electron chi connectivity index (χ2n) is 6.44. The van der Waals surface area contributed by atoms with Crippen LogP contribution in [-0.2, 0) is 4.74 Å². The van der Waals surface area contributed by atoms with E-state index in [1.54, 1.807) is 25.6 Å². The minimum Gasteiger partial charge on any atom is -0.462 e. The lowest BCUT2D eigenvalue weighted by molar-refractivity contribution is 0.0531. The van der Waals surface area contributed by atoms with Crippen molar-refractivity contribution >= 4 is 39.3 Å². The zero-order chi connectivity index (χ0) is 19.7. The third-order valence-corrected chi connectivity index (χ3v) is 6.75. The summed E-state index contributed by atoms with van der Waals surface area (Å²) in [4.78, 5) is 34.5. The number of nitrogens with zero attached hydrogens (tertiary/aromatic N) is 1. The Morgan fingerprint density at radius 3 is 2.78 bits per heavy atom. The highest BCUT2D eigenvalue weighted by molar-refractivity contribution is 7.99. The Hall–Kier alpha value is -2.12. The van der Waals surface area contributed by atoms with Crippen molar-refractivity contribution in [1.29, 1.82) is 0 Å². The molecule has 2 aromatic heterocycles. The van der Waals surface area contributed by atoms with Gasteiger partial charge in [-0.05, 0) is 51.8 Å². The molecule has 1 aromatic carbocycles. The van der Waals surface area contributed by atoms with Crippen LogP contribution in [0.15, 0.2) is 27.9 Å². The van der Waals surface area contributed by atoms with Crippen LogP contribution in [0.5, 0.6) is 0 Å². The van der Waals surface area contributed by atoms with Gasteiger partial charge in [0.2, 0.25) is 0 Å². The standard InChI is InChI=1S/C20H22N2O3S2/c1-6-25-20(24)16-12(4)15-18(23)21-17(22-19(15)27-16)13(5)26-14-9-10(2)7-8-11(14)3/h7-9,13H,6H2,1-5H3,(H,21,22,23). The zero-order valence-electron chi connectivity index (χ0n) is 16.0. The number of thioether (sulfide) groups is 1. The van der Waals surface area contributed by atoms with Gasteiger partial charge in [-0.1, -0.05) is 17.7 Å². The first kappa shape index (κ1) is 19.6. The van der Waals surface area contributed by atoms with Crippen LogP contribution in [0.2, 0.25) is 0 Å². The van der Waals surface area contributed by atoms with E-state index in [4.69, 9.17) is 4.74 Å². The smallest absolute Gasteiger partial charge is 0.348 e. The van der Waals surface area contributed by atoms with Gasteiger partial charge in [0.1, 0.15) is 15.5 Å². The quantitative estimate of drug-likeness (QED) is 0.483. The van der Waals surface area contributed by atoms with Crippen molar-refractivity contribution < 1.29 is 9.53 Å². The number of ether oxygens (including phenoxy) is 1. The highest BCUT2D eigenvalue weighted by Gasteiger charge is 2.21. The summed E-state index contributed by atoms with van der Waals surface area (Å²) in [5.41, 5.74) is 2.80. The molecule has 0 saturated heterocycles. The Morgan fingerprint density at radius 1 is 1.33 bits per heavy atom. The van der Waals surface area contributed by atoms with Crippen molar-refractivity contribution in [3.05, 3.63) is 55.9 Å². The molecular weight excluding hydrogens is 380 g/mol. The molecule has 3 rings (SSSR count). The number of rotatable bonds is 5. The Bertz CT molecular complexity index is 1070. The van der Waals surface area contributed by atoms with Crippen molar-refractivity contribution in [3.63, 3.8) is 0 Å². The van der Waals surface area contributed by atoms with E-state index in [0.29, 0.717) is 33.1 Å². The van der Waals surface area contributed by atoms with Gasteiger partial charge in [-0.3, -0.25) is 4.79 Å². The molecule has 0 fully saturated rings. The first-order valence-electron chi connectivity index (χ1n) is 8.76. The molecule has 0 amide bonds. The summed E-state index contributed by atoms with van der Waals surface area (Å²) in [6.07, 6.45) is 0. The van der Waals surface area contributed by atoms with Crippen LogP contribution in [0.4, 0.5) is 0 Å².